The van der Waals surface area contributed by atoms with E-state index in [2.05, 4.69) is 4.74 Å². The summed E-state index contributed by atoms with van der Waals surface area (Å²) in [5.74, 6) is 0.433. The van der Waals surface area contributed by atoms with Gasteiger partial charge in [0.05, 0.1) is 6.54 Å². The number of hydrogen-bond acceptors (Lipinski definition) is 3. The molecule has 2 aromatic rings. The normalized spacial score (nSPS) is 10.5. The Labute approximate surface area is 143 Å². The molecule has 2 aromatic carbocycles. The van der Waals surface area contributed by atoms with Crippen molar-refractivity contribution in [3.8, 4) is 11.5 Å². The van der Waals surface area contributed by atoms with E-state index in [1.807, 2.05) is 0 Å². The first-order chi connectivity index (χ1) is 11.5. The average Bonchev–Trinajstić information content (AvgIpc) is 2.56. The number of carbonyl (C=O) groups is 1. The van der Waals surface area contributed by atoms with Gasteiger partial charge in [-0.15, -0.1) is 0 Å². The lowest BCUT2D eigenvalue weighted by Crippen LogP contribution is -2.30. The molecule has 0 fully saturated rings. The number of ether oxygens (including phenoxy) is 2. The Balaban J connectivity index is 1.84. The lowest BCUT2D eigenvalue weighted by atomic mass is 10.2. The minimum atomic E-state index is -2.89. The van der Waals surface area contributed by atoms with Gasteiger partial charge < -0.3 is 14.4 Å². The fraction of sp³-hybridized carbons (Fsp3) is 0.235. The van der Waals surface area contributed by atoms with Gasteiger partial charge in [-0.05, 0) is 48.5 Å². The van der Waals surface area contributed by atoms with E-state index in [0.29, 0.717) is 29.5 Å². The molecule has 4 nitrogen and oxygen atoms in total. The predicted molar refractivity (Wildman–Crippen MR) is 87.0 cm³/mol. The lowest BCUT2D eigenvalue weighted by molar-refractivity contribution is -0.0498. The minimum absolute atomic E-state index is 0.00951. The highest BCUT2D eigenvalue weighted by molar-refractivity contribution is 6.30. The van der Waals surface area contributed by atoms with Gasteiger partial charge in [-0.2, -0.15) is 8.78 Å². The maximum atomic E-state index is 12.2. The maximum absolute atomic E-state index is 12.2. The molecule has 0 spiro atoms. The SMILES string of the molecule is CN(CCOc1ccc(Cl)cc1)C(=O)c1ccc(OC(F)F)cc1. The highest BCUT2D eigenvalue weighted by atomic mass is 35.5. The molecule has 128 valence electrons. The maximum Gasteiger partial charge on any atom is 0.387 e. The summed E-state index contributed by atoms with van der Waals surface area (Å²) < 4.78 is 34.0. The van der Waals surface area contributed by atoms with Crippen molar-refractivity contribution in [2.24, 2.45) is 0 Å². The van der Waals surface area contributed by atoms with Crippen LogP contribution in [0.2, 0.25) is 5.02 Å². The van der Waals surface area contributed by atoms with E-state index in [1.54, 1.807) is 31.3 Å². The van der Waals surface area contributed by atoms with Gasteiger partial charge in [0.25, 0.3) is 5.91 Å². The van der Waals surface area contributed by atoms with Gasteiger partial charge in [0.1, 0.15) is 18.1 Å². The molecular formula is C17H16ClF2NO3. The van der Waals surface area contributed by atoms with Crippen LogP contribution in [-0.4, -0.2) is 37.6 Å². The van der Waals surface area contributed by atoms with Gasteiger partial charge in [0, 0.05) is 17.6 Å². The largest absolute Gasteiger partial charge is 0.492 e. The van der Waals surface area contributed by atoms with Crippen molar-refractivity contribution in [1.29, 1.82) is 0 Å². The first kappa shape index (κ1) is 18.0. The van der Waals surface area contributed by atoms with E-state index in [0.717, 1.165) is 0 Å². The fourth-order valence-electron chi connectivity index (χ4n) is 1.93. The zero-order chi connectivity index (χ0) is 17.5. The van der Waals surface area contributed by atoms with E-state index in [1.165, 1.54) is 29.2 Å². The molecule has 24 heavy (non-hydrogen) atoms. The Morgan fingerprint density at radius 2 is 1.67 bits per heavy atom. The van der Waals surface area contributed by atoms with Crippen LogP contribution in [0.15, 0.2) is 48.5 Å². The molecule has 0 aliphatic rings. The summed E-state index contributed by atoms with van der Waals surface area (Å²) >= 11 is 5.79. The molecule has 0 aliphatic carbocycles. The average molecular weight is 356 g/mol. The first-order valence-electron chi connectivity index (χ1n) is 7.14. The number of halogens is 3. The Kier molecular flexibility index (Phi) is 6.37. The summed E-state index contributed by atoms with van der Waals surface area (Å²) in [5, 5.41) is 0.619. The Morgan fingerprint density at radius 1 is 1.08 bits per heavy atom. The first-order valence-corrected chi connectivity index (χ1v) is 7.52. The summed E-state index contributed by atoms with van der Waals surface area (Å²) in [5.41, 5.74) is 0.380. The van der Waals surface area contributed by atoms with E-state index in [9.17, 15) is 13.6 Å². The molecule has 0 heterocycles. The number of hydrogen-bond donors (Lipinski definition) is 0. The summed E-state index contributed by atoms with van der Waals surface area (Å²) in [4.78, 5) is 13.7. The van der Waals surface area contributed by atoms with E-state index < -0.39 is 6.61 Å². The van der Waals surface area contributed by atoms with Crippen molar-refractivity contribution in [3.63, 3.8) is 0 Å². The summed E-state index contributed by atoms with van der Waals surface area (Å²) in [6.45, 7) is -2.20. The fourth-order valence-corrected chi connectivity index (χ4v) is 2.06. The zero-order valence-electron chi connectivity index (χ0n) is 12.9. The number of benzene rings is 2. The third-order valence-electron chi connectivity index (χ3n) is 3.18. The van der Waals surface area contributed by atoms with Crippen LogP contribution >= 0.6 is 11.6 Å². The molecule has 0 N–H and O–H groups in total. The van der Waals surface area contributed by atoms with Gasteiger partial charge in [-0.3, -0.25) is 4.79 Å². The Bertz CT molecular complexity index is 663. The van der Waals surface area contributed by atoms with Crippen molar-refractivity contribution in [3.05, 3.63) is 59.1 Å². The van der Waals surface area contributed by atoms with Gasteiger partial charge >= 0.3 is 6.61 Å². The van der Waals surface area contributed by atoms with Crippen molar-refractivity contribution in [2.45, 2.75) is 6.61 Å². The topological polar surface area (TPSA) is 38.8 Å². The van der Waals surface area contributed by atoms with E-state index in [4.69, 9.17) is 16.3 Å². The van der Waals surface area contributed by atoms with Crippen molar-refractivity contribution in [2.75, 3.05) is 20.2 Å². The standard InChI is InChI=1S/C17H16ClF2NO3/c1-21(10-11-23-14-8-4-13(18)5-9-14)16(22)12-2-6-15(7-3-12)24-17(19)20/h2-9,17H,10-11H2,1H3. The quantitative estimate of drug-likeness (QED) is 0.750. The highest BCUT2D eigenvalue weighted by Gasteiger charge is 2.12. The van der Waals surface area contributed by atoms with Crippen LogP contribution in [0.1, 0.15) is 10.4 Å². The second-order valence-corrected chi connectivity index (χ2v) is 5.37. The van der Waals surface area contributed by atoms with Crippen molar-refractivity contribution >= 4 is 17.5 Å². The van der Waals surface area contributed by atoms with Gasteiger partial charge in [0.15, 0.2) is 0 Å². The second kappa shape index (κ2) is 8.49. The predicted octanol–water partition coefficient (Wildman–Crippen LogP) is 4.09. The van der Waals surface area contributed by atoms with Crippen molar-refractivity contribution < 1.29 is 23.0 Å². The molecule has 0 bridgehead atoms. The Morgan fingerprint density at radius 3 is 2.25 bits per heavy atom. The van der Waals surface area contributed by atoms with Gasteiger partial charge in [-0.25, -0.2) is 0 Å². The zero-order valence-corrected chi connectivity index (χ0v) is 13.7. The molecule has 2 rings (SSSR count). The molecule has 0 unspecified atom stereocenters. The minimum Gasteiger partial charge on any atom is -0.492 e. The molecule has 0 aliphatic heterocycles. The van der Waals surface area contributed by atoms with Crippen LogP contribution in [0.3, 0.4) is 0 Å². The molecule has 7 heteroatoms. The van der Waals surface area contributed by atoms with E-state index in [-0.39, 0.29) is 11.7 Å². The van der Waals surface area contributed by atoms with Crippen LogP contribution in [0.25, 0.3) is 0 Å². The third-order valence-corrected chi connectivity index (χ3v) is 3.43. The smallest absolute Gasteiger partial charge is 0.387 e. The van der Waals surface area contributed by atoms with Crippen LogP contribution in [0, 0.1) is 0 Å². The number of alkyl halides is 2. The van der Waals surface area contributed by atoms with Crippen LogP contribution < -0.4 is 9.47 Å². The van der Waals surface area contributed by atoms with Crippen LogP contribution in [0.5, 0.6) is 11.5 Å². The van der Waals surface area contributed by atoms with Crippen molar-refractivity contribution in [1.82, 2.24) is 4.90 Å². The third kappa shape index (κ3) is 5.38. The summed E-state index contributed by atoms with van der Waals surface area (Å²) in [6, 6.07) is 12.5. The number of likely N-dealkylation sites (N-methyl/N-ethyl adjacent to an activating group) is 1. The Hall–Kier alpha value is -2.34. The molecular weight excluding hydrogens is 340 g/mol. The summed E-state index contributed by atoms with van der Waals surface area (Å²) in [7, 11) is 1.64. The lowest BCUT2D eigenvalue weighted by Gasteiger charge is -2.18. The molecule has 0 atom stereocenters. The number of carbonyl (C=O) groups excluding carboxylic acids is 1. The van der Waals surface area contributed by atoms with Crippen LogP contribution in [-0.2, 0) is 0 Å². The molecule has 0 aromatic heterocycles. The monoisotopic (exact) mass is 355 g/mol. The molecule has 0 radical (unpaired) electrons. The number of amides is 1. The highest BCUT2D eigenvalue weighted by Crippen LogP contribution is 2.17. The van der Waals surface area contributed by atoms with Gasteiger partial charge in [0.2, 0.25) is 0 Å². The number of nitrogens with zero attached hydrogens (tertiary/aromatic N) is 1. The molecule has 1 amide bonds. The number of rotatable bonds is 7. The summed E-state index contributed by atoms with van der Waals surface area (Å²) in [6.07, 6.45) is 0. The molecule has 0 saturated carbocycles. The van der Waals surface area contributed by atoms with E-state index >= 15 is 0 Å². The second-order valence-electron chi connectivity index (χ2n) is 4.93. The van der Waals surface area contributed by atoms with Gasteiger partial charge in [-0.1, -0.05) is 11.6 Å². The van der Waals surface area contributed by atoms with Crippen LogP contribution in [0.4, 0.5) is 8.78 Å². The molecule has 0 saturated heterocycles.